The Balaban J connectivity index is 1.17. The van der Waals surface area contributed by atoms with Gasteiger partial charge in [-0.2, -0.15) is 4.98 Å². The first-order valence-corrected chi connectivity index (χ1v) is 10.1. The summed E-state index contributed by atoms with van der Waals surface area (Å²) in [6.45, 7) is 3.10. The molecule has 0 aliphatic carbocycles. The van der Waals surface area contributed by atoms with Crippen molar-refractivity contribution in [1.29, 1.82) is 0 Å². The molecule has 0 radical (unpaired) electrons. The van der Waals surface area contributed by atoms with Crippen LogP contribution in [0.1, 0.15) is 24.5 Å². The SMILES string of the molecule is O=C(C1CCN(c2nc3ccc(Cl)cc3o2)CC1)N1CC(c2ccccn2)C1. The number of nitrogens with zero attached hydrogens (tertiary/aromatic N) is 4. The van der Waals surface area contributed by atoms with Gasteiger partial charge in [-0.05, 0) is 37.1 Å². The van der Waals surface area contributed by atoms with Gasteiger partial charge in [0.15, 0.2) is 5.58 Å². The molecule has 5 rings (SSSR count). The summed E-state index contributed by atoms with van der Waals surface area (Å²) in [5.74, 6) is 0.729. The standard InChI is InChI=1S/C21H21ClN4O2/c22-16-4-5-18-19(11-16)28-21(24-18)25-9-6-14(7-10-25)20(27)26-12-15(13-26)17-3-1-2-8-23-17/h1-5,8,11,14-15H,6-7,9-10,12-13H2. The number of benzene rings is 1. The number of likely N-dealkylation sites (tertiary alicyclic amines) is 1. The van der Waals surface area contributed by atoms with Gasteiger partial charge in [0.2, 0.25) is 5.91 Å². The number of fused-ring (bicyclic) bond motifs is 1. The summed E-state index contributed by atoms with van der Waals surface area (Å²) in [6.07, 6.45) is 3.46. The van der Waals surface area contributed by atoms with Crippen LogP contribution in [0.3, 0.4) is 0 Å². The summed E-state index contributed by atoms with van der Waals surface area (Å²) in [6, 6.07) is 12.0. The molecule has 2 aliphatic heterocycles. The van der Waals surface area contributed by atoms with E-state index in [9.17, 15) is 4.79 Å². The molecule has 0 spiro atoms. The van der Waals surface area contributed by atoms with Crippen molar-refractivity contribution in [3.8, 4) is 0 Å². The lowest BCUT2D eigenvalue weighted by molar-refractivity contribution is -0.140. The van der Waals surface area contributed by atoms with E-state index in [1.807, 2.05) is 41.4 Å². The molecule has 2 fully saturated rings. The first kappa shape index (κ1) is 17.5. The lowest BCUT2D eigenvalue weighted by Gasteiger charge is -2.42. The van der Waals surface area contributed by atoms with Crippen LogP contribution >= 0.6 is 11.6 Å². The molecule has 28 heavy (non-hydrogen) atoms. The molecule has 3 aromatic rings. The van der Waals surface area contributed by atoms with Crippen molar-refractivity contribution in [2.24, 2.45) is 5.92 Å². The largest absolute Gasteiger partial charge is 0.423 e. The van der Waals surface area contributed by atoms with Gasteiger partial charge in [-0.3, -0.25) is 9.78 Å². The molecule has 2 aromatic heterocycles. The van der Waals surface area contributed by atoms with E-state index >= 15 is 0 Å². The molecule has 4 heterocycles. The Morgan fingerprint density at radius 3 is 2.71 bits per heavy atom. The Hall–Kier alpha value is -2.60. The lowest BCUT2D eigenvalue weighted by atomic mass is 9.90. The molecule has 0 N–H and O–H groups in total. The second-order valence-electron chi connectivity index (χ2n) is 7.56. The van der Waals surface area contributed by atoms with Gasteiger partial charge in [0.1, 0.15) is 5.52 Å². The number of pyridine rings is 1. The number of hydrogen-bond donors (Lipinski definition) is 0. The molecular formula is C21H21ClN4O2. The summed E-state index contributed by atoms with van der Waals surface area (Å²) < 4.78 is 5.85. The predicted octanol–water partition coefficient (Wildman–Crippen LogP) is 3.72. The van der Waals surface area contributed by atoms with Crippen LogP contribution in [0.2, 0.25) is 5.02 Å². The van der Waals surface area contributed by atoms with E-state index in [0.29, 0.717) is 22.5 Å². The second-order valence-corrected chi connectivity index (χ2v) is 8.00. The van der Waals surface area contributed by atoms with Gasteiger partial charge in [-0.15, -0.1) is 0 Å². The van der Waals surface area contributed by atoms with E-state index in [1.54, 1.807) is 6.07 Å². The van der Waals surface area contributed by atoms with Crippen molar-refractivity contribution in [1.82, 2.24) is 14.9 Å². The van der Waals surface area contributed by atoms with Crippen molar-refractivity contribution in [3.05, 3.63) is 53.3 Å². The van der Waals surface area contributed by atoms with E-state index in [0.717, 1.165) is 50.2 Å². The first-order valence-electron chi connectivity index (χ1n) is 9.68. The zero-order chi connectivity index (χ0) is 19.1. The molecule has 0 unspecified atom stereocenters. The van der Waals surface area contributed by atoms with Gasteiger partial charge in [0.25, 0.3) is 6.01 Å². The Bertz CT molecular complexity index is 992. The number of anilines is 1. The van der Waals surface area contributed by atoms with E-state index in [-0.39, 0.29) is 11.8 Å². The molecule has 0 atom stereocenters. The van der Waals surface area contributed by atoms with Crippen LogP contribution in [0.5, 0.6) is 0 Å². The lowest BCUT2D eigenvalue weighted by Crippen LogP contribution is -2.52. The number of rotatable bonds is 3. The maximum absolute atomic E-state index is 12.8. The average Bonchev–Trinajstić information content (AvgIpc) is 3.11. The second kappa shape index (κ2) is 7.09. The van der Waals surface area contributed by atoms with Crippen molar-refractivity contribution in [2.45, 2.75) is 18.8 Å². The van der Waals surface area contributed by atoms with Crippen LogP contribution in [-0.4, -0.2) is 47.0 Å². The van der Waals surface area contributed by atoms with Gasteiger partial charge in [-0.1, -0.05) is 17.7 Å². The van der Waals surface area contributed by atoms with Crippen LogP contribution in [0.4, 0.5) is 6.01 Å². The Morgan fingerprint density at radius 1 is 1.14 bits per heavy atom. The molecule has 6 nitrogen and oxygen atoms in total. The third-order valence-corrected chi connectivity index (χ3v) is 5.99. The Morgan fingerprint density at radius 2 is 1.96 bits per heavy atom. The maximum atomic E-state index is 12.8. The van der Waals surface area contributed by atoms with E-state index in [2.05, 4.69) is 14.9 Å². The van der Waals surface area contributed by atoms with Gasteiger partial charge in [0.05, 0.1) is 0 Å². The van der Waals surface area contributed by atoms with Crippen LogP contribution in [0, 0.1) is 5.92 Å². The number of halogens is 1. The molecule has 1 amide bonds. The summed E-state index contributed by atoms with van der Waals surface area (Å²) in [5.41, 5.74) is 2.58. The molecule has 7 heteroatoms. The highest BCUT2D eigenvalue weighted by Crippen LogP contribution is 2.31. The number of carbonyl (C=O) groups is 1. The van der Waals surface area contributed by atoms with Gasteiger partial charge in [0, 0.05) is 61.0 Å². The van der Waals surface area contributed by atoms with Gasteiger partial charge >= 0.3 is 0 Å². The van der Waals surface area contributed by atoms with Crippen LogP contribution < -0.4 is 4.90 Å². The molecule has 1 aromatic carbocycles. The van der Waals surface area contributed by atoms with Gasteiger partial charge in [-0.25, -0.2) is 0 Å². The van der Waals surface area contributed by atoms with Crippen molar-refractivity contribution >= 4 is 34.6 Å². The van der Waals surface area contributed by atoms with Crippen LogP contribution in [0.15, 0.2) is 47.0 Å². The number of piperidine rings is 1. The van der Waals surface area contributed by atoms with Crippen LogP contribution in [0.25, 0.3) is 11.1 Å². The highest BCUT2D eigenvalue weighted by Gasteiger charge is 2.37. The quantitative estimate of drug-likeness (QED) is 0.675. The molecule has 0 saturated carbocycles. The van der Waals surface area contributed by atoms with Crippen LogP contribution in [-0.2, 0) is 4.79 Å². The molecular weight excluding hydrogens is 376 g/mol. The topological polar surface area (TPSA) is 62.5 Å². The summed E-state index contributed by atoms with van der Waals surface area (Å²) in [4.78, 5) is 25.9. The normalized spacial score (nSPS) is 18.5. The predicted molar refractivity (Wildman–Crippen MR) is 108 cm³/mol. The third-order valence-electron chi connectivity index (χ3n) is 5.75. The number of amides is 1. The monoisotopic (exact) mass is 396 g/mol. The zero-order valence-electron chi connectivity index (χ0n) is 15.4. The highest BCUT2D eigenvalue weighted by atomic mass is 35.5. The Labute approximate surface area is 168 Å². The minimum Gasteiger partial charge on any atom is -0.423 e. The number of hydrogen-bond acceptors (Lipinski definition) is 5. The number of carbonyl (C=O) groups excluding carboxylic acids is 1. The summed E-state index contributed by atoms with van der Waals surface area (Å²) in [5, 5.41) is 0.637. The third kappa shape index (κ3) is 3.22. The fourth-order valence-electron chi connectivity index (χ4n) is 4.06. The highest BCUT2D eigenvalue weighted by molar-refractivity contribution is 6.31. The van der Waals surface area contributed by atoms with Crippen molar-refractivity contribution in [3.63, 3.8) is 0 Å². The summed E-state index contributed by atoms with van der Waals surface area (Å²) >= 11 is 6.02. The first-order chi connectivity index (χ1) is 13.7. The smallest absolute Gasteiger partial charge is 0.298 e. The maximum Gasteiger partial charge on any atom is 0.298 e. The molecule has 2 aliphatic rings. The zero-order valence-corrected chi connectivity index (χ0v) is 16.2. The molecule has 0 bridgehead atoms. The fraction of sp³-hybridized carbons (Fsp3) is 0.381. The van der Waals surface area contributed by atoms with Gasteiger partial charge < -0.3 is 14.2 Å². The van der Waals surface area contributed by atoms with E-state index in [1.165, 1.54) is 0 Å². The number of aromatic nitrogens is 2. The van der Waals surface area contributed by atoms with E-state index in [4.69, 9.17) is 16.0 Å². The fourth-order valence-corrected chi connectivity index (χ4v) is 4.22. The molecule has 2 saturated heterocycles. The Kier molecular flexibility index (Phi) is 4.43. The molecule has 144 valence electrons. The minimum absolute atomic E-state index is 0.0831. The van der Waals surface area contributed by atoms with Crippen molar-refractivity contribution < 1.29 is 9.21 Å². The minimum atomic E-state index is 0.0831. The van der Waals surface area contributed by atoms with Crippen molar-refractivity contribution in [2.75, 3.05) is 31.1 Å². The van der Waals surface area contributed by atoms with E-state index < -0.39 is 0 Å². The average molecular weight is 397 g/mol. The summed E-state index contributed by atoms with van der Waals surface area (Å²) in [7, 11) is 0. The number of oxazole rings is 1.